The number of aliphatic hydroxyl groups is 1. The second-order valence-corrected chi connectivity index (χ2v) is 5.58. The lowest BCUT2D eigenvalue weighted by Gasteiger charge is -2.25. The maximum atomic E-state index is 9.66. The summed E-state index contributed by atoms with van der Waals surface area (Å²) in [7, 11) is 1.61. The Bertz CT molecular complexity index is 385. The van der Waals surface area contributed by atoms with Crippen molar-refractivity contribution in [3.8, 4) is 0 Å². The number of hydrogen-bond acceptors (Lipinski definition) is 4. The van der Waals surface area contributed by atoms with Gasteiger partial charge in [0.15, 0.2) is 0 Å². The average molecular weight is 278 g/mol. The van der Waals surface area contributed by atoms with Crippen molar-refractivity contribution in [1.82, 2.24) is 10.2 Å². The Morgan fingerprint density at radius 1 is 1.40 bits per heavy atom. The zero-order chi connectivity index (χ0) is 14.4. The van der Waals surface area contributed by atoms with Crippen molar-refractivity contribution in [1.29, 1.82) is 0 Å². The zero-order valence-electron chi connectivity index (χ0n) is 12.5. The van der Waals surface area contributed by atoms with Crippen LogP contribution in [0.3, 0.4) is 0 Å². The maximum absolute atomic E-state index is 9.66. The van der Waals surface area contributed by atoms with Crippen molar-refractivity contribution < 1.29 is 9.84 Å². The first-order valence-corrected chi connectivity index (χ1v) is 7.40. The van der Waals surface area contributed by atoms with Gasteiger partial charge in [-0.25, -0.2) is 0 Å². The summed E-state index contributed by atoms with van der Waals surface area (Å²) in [5.74, 6) is 0. The van der Waals surface area contributed by atoms with Gasteiger partial charge in [-0.2, -0.15) is 0 Å². The van der Waals surface area contributed by atoms with Gasteiger partial charge in [0.05, 0.1) is 12.7 Å². The molecular formula is C16H26N2O2. The second-order valence-electron chi connectivity index (χ2n) is 5.58. The summed E-state index contributed by atoms with van der Waals surface area (Å²) in [6.07, 6.45) is 0.720. The first-order valence-electron chi connectivity index (χ1n) is 7.40. The number of nitrogens with one attached hydrogen (secondary N) is 1. The average Bonchev–Trinajstić information content (AvgIpc) is 2.94. The van der Waals surface area contributed by atoms with Crippen molar-refractivity contribution in [3.63, 3.8) is 0 Å². The van der Waals surface area contributed by atoms with E-state index in [-0.39, 0.29) is 0 Å². The van der Waals surface area contributed by atoms with Gasteiger partial charge in [-0.3, -0.25) is 4.90 Å². The van der Waals surface area contributed by atoms with Crippen LogP contribution in [0.25, 0.3) is 0 Å². The van der Waals surface area contributed by atoms with E-state index in [9.17, 15) is 5.11 Å². The molecule has 0 aromatic heterocycles. The lowest BCUT2D eigenvalue weighted by Crippen LogP contribution is -2.39. The molecule has 4 heteroatoms. The molecule has 0 aliphatic carbocycles. The van der Waals surface area contributed by atoms with E-state index in [1.165, 1.54) is 5.56 Å². The minimum absolute atomic E-state index is 0.393. The quantitative estimate of drug-likeness (QED) is 0.792. The van der Waals surface area contributed by atoms with E-state index in [1.807, 2.05) is 0 Å². The fourth-order valence-corrected chi connectivity index (χ4v) is 2.80. The molecule has 1 aliphatic heterocycles. The Hall–Kier alpha value is -0.940. The standard InChI is InChI=1S/C16H26N2O2/c1-13(14-6-4-3-5-7-14)18-9-8-15(11-18)17-10-16(19)12-20-2/h3-7,13,15-17,19H,8-12H2,1-2H3/t13-,15+,16-/m1/s1. The van der Waals surface area contributed by atoms with Crippen LogP contribution in [0.5, 0.6) is 0 Å². The number of aliphatic hydroxyl groups excluding tert-OH is 1. The van der Waals surface area contributed by atoms with Gasteiger partial charge in [0, 0.05) is 38.8 Å². The number of benzene rings is 1. The Labute approximate surface area is 121 Å². The van der Waals surface area contributed by atoms with Crippen LogP contribution in [-0.2, 0) is 4.74 Å². The first-order chi connectivity index (χ1) is 9.70. The SMILES string of the molecule is COC[C@H](O)CN[C@H]1CCN([C@H](C)c2ccccc2)C1. The number of hydrogen-bond donors (Lipinski definition) is 2. The van der Waals surface area contributed by atoms with E-state index in [0.29, 0.717) is 25.2 Å². The van der Waals surface area contributed by atoms with Crippen molar-refractivity contribution in [2.24, 2.45) is 0 Å². The molecule has 20 heavy (non-hydrogen) atoms. The fraction of sp³-hybridized carbons (Fsp3) is 0.625. The molecule has 1 aliphatic rings. The van der Waals surface area contributed by atoms with Crippen molar-refractivity contribution >= 4 is 0 Å². The van der Waals surface area contributed by atoms with E-state index in [4.69, 9.17) is 4.74 Å². The highest BCUT2D eigenvalue weighted by molar-refractivity contribution is 5.18. The molecule has 4 nitrogen and oxygen atoms in total. The zero-order valence-corrected chi connectivity index (χ0v) is 12.5. The van der Waals surface area contributed by atoms with E-state index in [0.717, 1.165) is 19.5 Å². The van der Waals surface area contributed by atoms with Crippen LogP contribution < -0.4 is 5.32 Å². The predicted molar refractivity (Wildman–Crippen MR) is 80.7 cm³/mol. The minimum Gasteiger partial charge on any atom is -0.389 e. The van der Waals surface area contributed by atoms with Crippen LogP contribution in [0.1, 0.15) is 24.9 Å². The summed E-state index contributed by atoms with van der Waals surface area (Å²) in [6.45, 7) is 5.40. The van der Waals surface area contributed by atoms with Gasteiger partial charge in [-0.1, -0.05) is 30.3 Å². The third-order valence-electron chi connectivity index (χ3n) is 4.05. The van der Waals surface area contributed by atoms with E-state index in [2.05, 4.69) is 47.5 Å². The summed E-state index contributed by atoms with van der Waals surface area (Å²) in [5, 5.41) is 13.1. The summed E-state index contributed by atoms with van der Waals surface area (Å²) in [4.78, 5) is 2.50. The molecule has 3 atom stereocenters. The van der Waals surface area contributed by atoms with Crippen molar-refractivity contribution in [2.45, 2.75) is 31.5 Å². The molecule has 2 rings (SSSR count). The van der Waals surface area contributed by atoms with Gasteiger partial charge in [0.25, 0.3) is 0 Å². The molecule has 0 saturated carbocycles. The topological polar surface area (TPSA) is 44.7 Å². The molecule has 112 valence electrons. The largest absolute Gasteiger partial charge is 0.389 e. The molecule has 0 radical (unpaired) electrons. The molecule has 1 aromatic rings. The molecule has 0 amide bonds. The molecule has 1 heterocycles. The molecule has 0 bridgehead atoms. The maximum Gasteiger partial charge on any atom is 0.0897 e. The molecule has 0 spiro atoms. The van der Waals surface area contributed by atoms with E-state index >= 15 is 0 Å². The number of rotatable bonds is 7. The van der Waals surface area contributed by atoms with E-state index < -0.39 is 6.10 Å². The van der Waals surface area contributed by atoms with Gasteiger partial charge in [0.2, 0.25) is 0 Å². The molecule has 1 saturated heterocycles. The lowest BCUT2D eigenvalue weighted by molar-refractivity contribution is 0.0627. The van der Waals surface area contributed by atoms with Crippen LogP contribution in [0.2, 0.25) is 0 Å². The Morgan fingerprint density at radius 2 is 2.15 bits per heavy atom. The normalized spacial score (nSPS) is 22.9. The minimum atomic E-state index is -0.416. The Balaban J connectivity index is 1.77. The summed E-state index contributed by atoms with van der Waals surface area (Å²) < 4.78 is 4.94. The molecule has 0 unspecified atom stereocenters. The van der Waals surface area contributed by atoms with Crippen LogP contribution in [0.15, 0.2) is 30.3 Å². The Morgan fingerprint density at radius 3 is 2.85 bits per heavy atom. The molecule has 1 fully saturated rings. The van der Waals surface area contributed by atoms with Gasteiger partial charge in [-0.05, 0) is 18.9 Å². The lowest BCUT2D eigenvalue weighted by atomic mass is 10.1. The van der Waals surface area contributed by atoms with Gasteiger partial charge < -0.3 is 15.2 Å². The van der Waals surface area contributed by atoms with Crippen LogP contribution in [0, 0.1) is 0 Å². The summed E-state index contributed by atoms with van der Waals surface area (Å²) >= 11 is 0. The van der Waals surface area contributed by atoms with Crippen LogP contribution >= 0.6 is 0 Å². The van der Waals surface area contributed by atoms with E-state index in [1.54, 1.807) is 7.11 Å². The fourth-order valence-electron chi connectivity index (χ4n) is 2.80. The number of ether oxygens (including phenoxy) is 1. The smallest absolute Gasteiger partial charge is 0.0897 e. The first kappa shape index (κ1) is 15.4. The molecule has 2 N–H and O–H groups in total. The summed E-state index contributed by atoms with van der Waals surface area (Å²) in [5.41, 5.74) is 1.37. The van der Waals surface area contributed by atoms with Crippen LogP contribution in [-0.4, -0.2) is 55.5 Å². The third-order valence-corrected chi connectivity index (χ3v) is 4.05. The summed E-state index contributed by atoms with van der Waals surface area (Å²) in [6, 6.07) is 11.5. The van der Waals surface area contributed by atoms with Gasteiger partial charge >= 0.3 is 0 Å². The van der Waals surface area contributed by atoms with Crippen LogP contribution in [0.4, 0.5) is 0 Å². The molecular weight excluding hydrogens is 252 g/mol. The number of nitrogens with zero attached hydrogens (tertiary/aromatic N) is 1. The van der Waals surface area contributed by atoms with Gasteiger partial charge in [0.1, 0.15) is 0 Å². The second kappa shape index (κ2) is 7.74. The van der Waals surface area contributed by atoms with Crippen molar-refractivity contribution in [2.75, 3.05) is 33.4 Å². The number of likely N-dealkylation sites (tertiary alicyclic amines) is 1. The monoisotopic (exact) mass is 278 g/mol. The van der Waals surface area contributed by atoms with Gasteiger partial charge in [-0.15, -0.1) is 0 Å². The highest BCUT2D eigenvalue weighted by Gasteiger charge is 2.26. The molecule has 1 aromatic carbocycles. The Kier molecular flexibility index (Phi) is 5.98. The predicted octanol–water partition coefficient (Wildman–Crippen LogP) is 1.42. The highest BCUT2D eigenvalue weighted by atomic mass is 16.5. The third kappa shape index (κ3) is 4.28. The highest BCUT2D eigenvalue weighted by Crippen LogP contribution is 2.24. The van der Waals surface area contributed by atoms with Crippen molar-refractivity contribution in [3.05, 3.63) is 35.9 Å². The number of methoxy groups -OCH3 is 1.